The number of alkyl halides is 1. The van der Waals surface area contributed by atoms with E-state index in [1.54, 1.807) is 12.1 Å². The highest BCUT2D eigenvalue weighted by Gasteiger charge is 2.05. The van der Waals surface area contributed by atoms with Crippen LogP contribution in [0.2, 0.25) is 10.0 Å². The van der Waals surface area contributed by atoms with E-state index in [2.05, 4.69) is 9.97 Å². The minimum atomic E-state index is 0.351. The second-order valence-corrected chi connectivity index (χ2v) is 3.68. The van der Waals surface area contributed by atoms with E-state index in [1.807, 2.05) is 0 Å². The maximum Gasteiger partial charge on any atom is 0.122 e. The molecule has 2 rings (SSSR count). The quantitative estimate of drug-likeness (QED) is 0.752. The van der Waals surface area contributed by atoms with Crippen LogP contribution in [-0.4, -0.2) is 9.97 Å². The average molecular weight is 236 g/mol. The predicted octanol–water partition coefficient (Wildman–Crippen LogP) is 3.61. The largest absolute Gasteiger partial charge is 0.341 e. The molecule has 0 atom stereocenters. The Kier molecular flexibility index (Phi) is 2.37. The van der Waals surface area contributed by atoms with Gasteiger partial charge in [0, 0.05) is 0 Å². The Bertz CT molecular complexity index is 411. The van der Waals surface area contributed by atoms with Crippen molar-refractivity contribution in [2.75, 3.05) is 0 Å². The smallest absolute Gasteiger partial charge is 0.122 e. The monoisotopic (exact) mass is 234 g/mol. The fraction of sp³-hybridized carbons (Fsp3) is 0.125. The van der Waals surface area contributed by atoms with Gasteiger partial charge < -0.3 is 4.98 Å². The van der Waals surface area contributed by atoms with Gasteiger partial charge in [0.1, 0.15) is 5.82 Å². The molecule has 2 nitrogen and oxygen atoms in total. The number of aromatic nitrogens is 2. The number of benzene rings is 1. The highest BCUT2D eigenvalue weighted by molar-refractivity contribution is 6.42. The van der Waals surface area contributed by atoms with Crippen LogP contribution in [0, 0.1) is 0 Å². The van der Waals surface area contributed by atoms with E-state index in [0.29, 0.717) is 15.9 Å². The van der Waals surface area contributed by atoms with E-state index in [4.69, 9.17) is 34.8 Å². The molecule has 1 heterocycles. The number of aromatic amines is 1. The molecule has 1 aromatic carbocycles. The van der Waals surface area contributed by atoms with Crippen LogP contribution < -0.4 is 0 Å². The number of rotatable bonds is 1. The number of hydrogen-bond acceptors (Lipinski definition) is 1. The van der Waals surface area contributed by atoms with E-state index in [0.717, 1.165) is 16.9 Å². The van der Waals surface area contributed by atoms with Crippen LogP contribution >= 0.6 is 34.8 Å². The molecule has 1 N–H and O–H groups in total. The van der Waals surface area contributed by atoms with Crippen molar-refractivity contribution in [1.82, 2.24) is 9.97 Å². The van der Waals surface area contributed by atoms with Crippen LogP contribution in [0.1, 0.15) is 5.82 Å². The third-order valence-electron chi connectivity index (χ3n) is 1.70. The van der Waals surface area contributed by atoms with E-state index in [-0.39, 0.29) is 0 Å². The molecule has 0 bridgehead atoms. The molecule has 0 spiro atoms. The number of nitrogens with zero attached hydrogens (tertiary/aromatic N) is 1. The topological polar surface area (TPSA) is 28.7 Å². The summed E-state index contributed by atoms with van der Waals surface area (Å²) in [5, 5.41) is 1.01. The summed E-state index contributed by atoms with van der Waals surface area (Å²) in [4.78, 5) is 7.23. The number of fused-ring (bicyclic) bond motifs is 1. The molecular weight excluding hydrogens is 230 g/mol. The Morgan fingerprint density at radius 3 is 2.62 bits per heavy atom. The minimum Gasteiger partial charge on any atom is -0.341 e. The van der Waals surface area contributed by atoms with Gasteiger partial charge in [-0.3, -0.25) is 0 Å². The van der Waals surface area contributed by atoms with Crippen molar-refractivity contribution in [3.05, 3.63) is 28.0 Å². The lowest BCUT2D eigenvalue weighted by molar-refractivity contribution is 1.13. The molecule has 0 aliphatic carbocycles. The van der Waals surface area contributed by atoms with Gasteiger partial charge in [-0.15, -0.1) is 11.6 Å². The molecule has 0 aliphatic heterocycles. The van der Waals surface area contributed by atoms with Crippen molar-refractivity contribution in [3.8, 4) is 0 Å². The molecule has 1 aromatic heterocycles. The van der Waals surface area contributed by atoms with Gasteiger partial charge in [0.25, 0.3) is 0 Å². The summed E-state index contributed by atoms with van der Waals surface area (Å²) in [5.74, 6) is 1.07. The van der Waals surface area contributed by atoms with Gasteiger partial charge in [-0.1, -0.05) is 23.2 Å². The summed E-state index contributed by atoms with van der Waals surface area (Å²) in [6, 6.07) is 3.45. The SMILES string of the molecule is ClCc1nc2cc(Cl)c(Cl)cc2[nH]1. The summed E-state index contributed by atoms with van der Waals surface area (Å²) in [6.07, 6.45) is 0. The van der Waals surface area contributed by atoms with Gasteiger partial charge in [0.05, 0.1) is 27.0 Å². The van der Waals surface area contributed by atoms with Gasteiger partial charge in [-0.25, -0.2) is 4.98 Å². The van der Waals surface area contributed by atoms with Gasteiger partial charge >= 0.3 is 0 Å². The molecule has 0 amide bonds. The lowest BCUT2D eigenvalue weighted by Crippen LogP contribution is -1.76. The van der Waals surface area contributed by atoms with Gasteiger partial charge in [0.15, 0.2) is 0 Å². The first-order valence-electron chi connectivity index (χ1n) is 3.60. The molecular formula is C8H5Cl3N2. The predicted molar refractivity (Wildman–Crippen MR) is 55.7 cm³/mol. The van der Waals surface area contributed by atoms with Crippen LogP contribution in [0.4, 0.5) is 0 Å². The average Bonchev–Trinajstić information content (AvgIpc) is 2.48. The zero-order chi connectivity index (χ0) is 9.42. The Morgan fingerprint density at radius 2 is 1.92 bits per heavy atom. The number of imidazole rings is 1. The van der Waals surface area contributed by atoms with Gasteiger partial charge in [-0.05, 0) is 12.1 Å². The standard InChI is InChI=1S/C8H5Cl3N2/c9-3-8-12-6-1-4(10)5(11)2-7(6)13-8/h1-2H,3H2,(H,12,13). The Labute approximate surface area is 89.8 Å². The van der Waals surface area contributed by atoms with Crippen molar-refractivity contribution in [2.24, 2.45) is 0 Å². The lowest BCUT2D eigenvalue weighted by Gasteiger charge is -1.93. The Morgan fingerprint density at radius 1 is 1.23 bits per heavy atom. The van der Waals surface area contributed by atoms with Gasteiger partial charge in [0.2, 0.25) is 0 Å². The fourth-order valence-corrected chi connectivity index (χ4v) is 1.57. The summed E-state index contributed by atoms with van der Waals surface area (Å²) in [7, 11) is 0. The Balaban J connectivity index is 2.70. The summed E-state index contributed by atoms with van der Waals surface area (Å²) in [5.41, 5.74) is 1.63. The molecule has 0 unspecified atom stereocenters. The molecule has 0 saturated heterocycles. The highest BCUT2D eigenvalue weighted by Crippen LogP contribution is 2.26. The van der Waals surface area contributed by atoms with E-state index >= 15 is 0 Å². The normalized spacial score (nSPS) is 11.0. The first-order valence-corrected chi connectivity index (χ1v) is 4.89. The van der Waals surface area contributed by atoms with Crippen molar-refractivity contribution in [1.29, 1.82) is 0 Å². The zero-order valence-electron chi connectivity index (χ0n) is 6.44. The number of H-pyrrole nitrogens is 1. The molecule has 0 radical (unpaired) electrons. The molecule has 13 heavy (non-hydrogen) atoms. The molecule has 0 fully saturated rings. The van der Waals surface area contributed by atoms with Crippen LogP contribution in [0.3, 0.4) is 0 Å². The van der Waals surface area contributed by atoms with E-state index < -0.39 is 0 Å². The summed E-state index contributed by atoms with van der Waals surface area (Å²) >= 11 is 17.3. The van der Waals surface area contributed by atoms with E-state index in [1.165, 1.54) is 0 Å². The zero-order valence-corrected chi connectivity index (χ0v) is 8.71. The second-order valence-electron chi connectivity index (χ2n) is 2.60. The van der Waals surface area contributed by atoms with Gasteiger partial charge in [-0.2, -0.15) is 0 Å². The Hall–Kier alpha value is -0.440. The first-order chi connectivity index (χ1) is 6.20. The van der Waals surface area contributed by atoms with Crippen LogP contribution in [0.5, 0.6) is 0 Å². The number of nitrogens with one attached hydrogen (secondary N) is 1. The third-order valence-corrected chi connectivity index (χ3v) is 2.67. The molecule has 68 valence electrons. The fourth-order valence-electron chi connectivity index (χ4n) is 1.12. The maximum absolute atomic E-state index is 5.83. The number of halogens is 3. The van der Waals surface area contributed by atoms with E-state index in [9.17, 15) is 0 Å². The number of hydrogen-bond donors (Lipinski definition) is 1. The van der Waals surface area contributed by atoms with Crippen LogP contribution in [-0.2, 0) is 5.88 Å². The lowest BCUT2D eigenvalue weighted by atomic mass is 10.3. The van der Waals surface area contributed by atoms with Crippen molar-refractivity contribution >= 4 is 45.8 Å². The van der Waals surface area contributed by atoms with Crippen molar-refractivity contribution in [2.45, 2.75) is 5.88 Å². The van der Waals surface area contributed by atoms with Crippen molar-refractivity contribution in [3.63, 3.8) is 0 Å². The molecule has 5 heteroatoms. The summed E-state index contributed by atoms with van der Waals surface area (Å²) < 4.78 is 0. The molecule has 0 aliphatic rings. The highest BCUT2D eigenvalue weighted by atomic mass is 35.5. The third kappa shape index (κ3) is 1.62. The second kappa shape index (κ2) is 3.37. The van der Waals surface area contributed by atoms with Crippen LogP contribution in [0.25, 0.3) is 11.0 Å². The maximum atomic E-state index is 5.83. The van der Waals surface area contributed by atoms with Crippen molar-refractivity contribution < 1.29 is 0 Å². The summed E-state index contributed by atoms with van der Waals surface area (Å²) in [6.45, 7) is 0. The molecule has 0 saturated carbocycles. The minimum absolute atomic E-state index is 0.351. The first kappa shape index (κ1) is 9.13. The molecule has 2 aromatic rings. The van der Waals surface area contributed by atoms with Crippen LogP contribution in [0.15, 0.2) is 12.1 Å².